The monoisotopic (exact) mass is 241 g/mol. The molecule has 1 aromatic rings. The zero-order valence-electron chi connectivity index (χ0n) is 9.95. The first-order valence-electron chi connectivity index (χ1n) is 4.97. The van der Waals surface area contributed by atoms with Crippen molar-refractivity contribution in [3.8, 4) is 5.75 Å². The number of carbonyl (C=O) groups excluding carboxylic acids is 1. The van der Waals surface area contributed by atoms with Crippen molar-refractivity contribution in [2.24, 2.45) is 0 Å². The Kier molecular flexibility index (Phi) is 4.33. The highest BCUT2D eigenvalue weighted by molar-refractivity contribution is 6.31. The van der Waals surface area contributed by atoms with Crippen molar-refractivity contribution in [2.45, 2.75) is 13.0 Å². The molecule has 0 saturated carbocycles. The molecule has 0 N–H and O–H groups in total. The Hall–Kier alpha value is -1.06. The average molecular weight is 242 g/mol. The van der Waals surface area contributed by atoms with Crippen LogP contribution in [0.15, 0.2) is 12.1 Å². The Morgan fingerprint density at radius 2 is 2.06 bits per heavy atom. The summed E-state index contributed by atoms with van der Waals surface area (Å²) in [6, 6.07) is 3.29. The Balaban J connectivity index is 3.30. The van der Waals surface area contributed by atoms with Gasteiger partial charge in [0.25, 0.3) is 0 Å². The van der Waals surface area contributed by atoms with Gasteiger partial charge < -0.3 is 9.53 Å². The topological polar surface area (TPSA) is 29.5 Å². The SMILES string of the molecule is COc1cc(C)c(Cl)cc1C(C=O)N(C)C. The fourth-order valence-corrected chi connectivity index (χ4v) is 1.72. The Bertz CT molecular complexity index is 391. The molecule has 0 aliphatic rings. The zero-order valence-corrected chi connectivity index (χ0v) is 10.7. The standard InChI is InChI=1S/C12H16ClNO2/c1-8-5-12(16-4)9(6-10(8)13)11(7-15)14(2)3/h5-7,11H,1-4H3. The van der Waals surface area contributed by atoms with E-state index in [2.05, 4.69) is 0 Å². The van der Waals surface area contributed by atoms with Gasteiger partial charge in [-0.05, 0) is 38.7 Å². The maximum atomic E-state index is 11.1. The van der Waals surface area contributed by atoms with E-state index < -0.39 is 0 Å². The molecule has 0 aliphatic carbocycles. The van der Waals surface area contributed by atoms with Crippen LogP contribution in [0.4, 0.5) is 0 Å². The van der Waals surface area contributed by atoms with Crippen LogP contribution in [0.1, 0.15) is 17.2 Å². The maximum absolute atomic E-state index is 11.1. The van der Waals surface area contributed by atoms with E-state index >= 15 is 0 Å². The van der Waals surface area contributed by atoms with E-state index in [-0.39, 0.29) is 6.04 Å². The Morgan fingerprint density at radius 1 is 1.44 bits per heavy atom. The normalized spacial score (nSPS) is 12.6. The number of hydrogen-bond donors (Lipinski definition) is 0. The van der Waals surface area contributed by atoms with E-state index in [0.29, 0.717) is 10.8 Å². The van der Waals surface area contributed by atoms with Gasteiger partial charge in [0.1, 0.15) is 12.0 Å². The average Bonchev–Trinajstić information content (AvgIpc) is 2.23. The molecule has 1 atom stereocenters. The minimum absolute atomic E-state index is 0.340. The second kappa shape index (κ2) is 5.32. The van der Waals surface area contributed by atoms with Crippen molar-refractivity contribution in [1.29, 1.82) is 0 Å². The lowest BCUT2D eigenvalue weighted by Crippen LogP contribution is -2.21. The number of aryl methyl sites for hydroxylation is 1. The molecule has 88 valence electrons. The van der Waals surface area contributed by atoms with Crippen LogP contribution < -0.4 is 4.74 Å². The summed E-state index contributed by atoms with van der Waals surface area (Å²) in [5.74, 6) is 0.688. The minimum atomic E-state index is -0.340. The molecule has 1 rings (SSSR count). The van der Waals surface area contributed by atoms with Crippen molar-refractivity contribution in [2.75, 3.05) is 21.2 Å². The molecule has 0 spiro atoms. The van der Waals surface area contributed by atoms with Gasteiger partial charge in [-0.2, -0.15) is 0 Å². The third kappa shape index (κ3) is 2.54. The first-order valence-corrected chi connectivity index (χ1v) is 5.34. The molecule has 4 heteroatoms. The van der Waals surface area contributed by atoms with Gasteiger partial charge in [0.05, 0.1) is 13.2 Å². The number of nitrogens with zero attached hydrogens (tertiary/aromatic N) is 1. The molecule has 0 radical (unpaired) electrons. The third-order valence-corrected chi connectivity index (χ3v) is 2.92. The number of aldehydes is 1. The van der Waals surface area contributed by atoms with Gasteiger partial charge in [0, 0.05) is 10.6 Å². The number of likely N-dealkylation sites (N-methyl/N-ethyl adjacent to an activating group) is 1. The number of hydrogen-bond acceptors (Lipinski definition) is 3. The predicted octanol–water partition coefficient (Wildman–Crippen LogP) is 2.46. The minimum Gasteiger partial charge on any atom is -0.496 e. The van der Waals surface area contributed by atoms with Gasteiger partial charge in [-0.15, -0.1) is 0 Å². The second-order valence-corrected chi connectivity index (χ2v) is 4.30. The zero-order chi connectivity index (χ0) is 12.3. The number of ether oxygens (including phenoxy) is 1. The highest BCUT2D eigenvalue weighted by atomic mass is 35.5. The van der Waals surface area contributed by atoms with Crippen LogP contribution in [0, 0.1) is 6.92 Å². The summed E-state index contributed by atoms with van der Waals surface area (Å²) in [4.78, 5) is 12.9. The van der Waals surface area contributed by atoms with Crippen molar-refractivity contribution in [1.82, 2.24) is 4.90 Å². The smallest absolute Gasteiger partial charge is 0.141 e. The van der Waals surface area contributed by atoms with Crippen LogP contribution in [-0.2, 0) is 4.79 Å². The van der Waals surface area contributed by atoms with Crippen LogP contribution in [0.25, 0.3) is 0 Å². The number of rotatable bonds is 4. The molecule has 0 saturated heterocycles. The van der Waals surface area contributed by atoms with Gasteiger partial charge in [0.15, 0.2) is 0 Å². The van der Waals surface area contributed by atoms with Crippen molar-refractivity contribution >= 4 is 17.9 Å². The summed E-state index contributed by atoms with van der Waals surface area (Å²) < 4.78 is 5.27. The van der Waals surface area contributed by atoms with Gasteiger partial charge in [-0.1, -0.05) is 11.6 Å². The largest absolute Gasteiger partial charge is 0.496 e. The quantitative estimate of drug-likeness (QED) is 0.759. The van der Waals surface area contributed by atoms with Crippen molar-refractivity contribution < 1.29 is 9.53 Å². The lowest BCUT2D eigenvalue weighted by molar-refractivity contribution is -0.111. The Labute approximate surface area is 101 Å². The molecule has 0 amide bonds. The molecular formula is C12H16ClNO2. The second-order valence-electron chi connectivity index (χ2n) is 3.89. The van der Waals surface area contributed by atoms with Gasteiger partial charge in [-0.25, -0.2) is 0 Å². The summed E-state index contributed by atoms with van der Waals surface area (Å²) in [5.41, 5.74) is 1.73. The summed E-state index contributed by atoms with van der Waals surface area (Å²) in [7, 11) is 5.27. The molecule has 0 aromatic heterocycles. The highest BCUT2D eigenvalue weighted by Gasteiger charge is 2.18. The van der Waals surface area contributed by atoms with Crippen LogP contribution in [0.2, 0.25) is 5.02 Å². The van der Waals surface area contributed by atoms with Gasteiger partial charge >= 0.3 is 0 Å². The lowest BCUT2D eigenvalue weighted by atomic mass is 10.0. The molecule has 0 bridgehead atoms. The van der Waals surface area contributed by atoms with Crippen LogP contribution in [0.3, 0.4) is 0 Å². The van der Waals surface area contributed by atoms with Crippen LogP contribution >= 0.6 is 11.6 Å². The third-order valence-electron chi connectivity index (χ3n) is 2.51. The molecule has 16 heavy (non-hydrogen) atoms. The fourth-order valence-electron chi connectivity index (χ4n) is 1.55. The number of methoxy groups -OCH3 is 1. The maximum Gasteiger partial charge on any atom is 0.141 e. The number of benzene rings is 1. The fraction of sp³-hybridized carbons (Fsp3) is 0.417. The molecule has 1 unspecified atom stereocenters. The molecule has 0 fully saturated rings. The highest BCUT2D eigenvalue weighted by Crippen LogP contribution is 2.32. The number of carbonyl (C=O) groups is 1. The van der Waals surface area contributed by atoms with Crippen molar-refractivity contribution in [3.05, 3.63) is 28.3 Å². The van der Waals surface area contributed by atoms with E-state index in [4.69, 9.17) is 16.3 Å². The summed E-state index contributed by atoms with van der Waals surface area (Å²) in [5, 5.41) is 0.643. The predicted molar refractivity (Wildman–Crippen MR) is 65.2 cm³/mol. The van der Waals surface area contributed by atoms with Crippen LogP contribution in [-0.4, -0.2) is 32.4 Å². The van der Waals surface area contributed by atoms with E-state index in [1.54, 1.807) is 13.2 Å². The lowest BCUT2D eigenvalue weighted by Gasteiger charge is -2.21. The molecular weight excluding hydrogens is 226 g/mol. The van der Waals surface area contributed by atoms with Crippen molar-refractivity contribution in [3.63, 3.8) is 0 Å². The summed E-state index contributed by atoms with van der Waals surface area (Å²) in [6.45, 7) is 1.90. The molecule has 1 aromatic carbocycles. The molecule has 3 nitrogen and oxygen atoms in total. The Morgan fingerprint density at radius 3 is 2.50 bits per heavy atom. The van der Waals surface area contributed by atoms with E-state index in [0.717, 1.165) is 17.4 Å². The summed E-state index contributed by atoms with van der Waals surface area (Å²) >= 11 is 6.06. The van der Waals surface area contributed by atoms with E-state index in [1.807, 2.05) is 32.0 Å². The van der Waals surface area contributed by atoms with Crippen LogP contribution in [0.5, 0.6) is 5.75 Å². The summed E-state index contributed by atoms with van der Waals surface area (Å²) in [6.07, 6.45) is 0.878. The first-order chi connectivity index (χ1) is 7.51. The van der Waals surface area contributed by atoms with Gasteiger partial charge in [-0.3, -0.25) is 4.90 Å². The van der Waals surface area contributed by atoms with E-state index in [9.17, 15) is 4.79 Å². The van der Waals surface area contributed by atoms with E-state index in [1.165, 1.54) is 0 Å². The first kappa shape index (κ1) is 13.0. The van der Waals surface area contributed by atoms with Gasteiger partial charge in [0.2, 0.25) is 0 Å². The number of halogens is 1. The molecule has 0 aliphatic heterocycles. The molecule has 0 heterocycles.